The van der Waals surface area contributed by atoms with Crippen molar-refractivity contribution in [1.29, 1.82) is 0 Å². The second-order valence-corrected chi connectivity index (χ2v) is 4.54. The first-order valence-electron chi connectivity index (χ1n) is 4.46. The molecule has 1 fully saturated rings. The number of aldehydes is 1. The molecule has 1 aliphatic carbocycles. The molecule has 3 atom stereocenters. The lowest BCUT2D eigenvalue weighted by Gasteiger charge is -2.08. The Morgan fingerprint density at radius 1 is 1.57 bits per heavy atom. The molecule has 80 valence electrons. The SMILES string of the molecule is O=CCNC(=O)C1CCC(S(=O)O)C1. The van der Waals surface area contributed by atoms with Crippen molar-refractivity contribution in [3.05, 3.63) is 0 Å². The Morgan fingerprint density at radius 3 is 2.79 bits per heavy atom. The van der Waals surface area contributed by atoms with E-state index >= 15 is 0 Å². The molecule has 0 aliphatic heterocycles. The van der Waals surface area contributed by atoms with Crippen LogP contribution in [0.15, 0.2) is 0 Å². The maximum absolute atomic E-state index is 11.3. The fourth-order valence-corrected chi connectivity index (χ4v) is 2.38. The first-order chi connectivity index (χ1) is 6.65. The molecule has 1 saturated carbocycles. The first-order valence-corrected chi connectivity index (χ1v) is 5.63. The third-order valence-corrected chi connectivity index (χ3v) is 3.40. The van der Waals surface area contributed by atoms with Gasteiger partial charge in [-0.15, -0.1) is 0 Å². The van der Waals surface area contributed by atoms with E-state index in [1.165, 1.54) is 0 Å². The molecule has 1 amide bonds. The summed E-state index contributed by atoms with van der Waals surface area (Å²) in [5, 5.41) is 2.16. The lowest BCUT2D eigenvalue weighted by Crippen LogP contribution is -2.31. The van der Waals surface area contributed by atoms with Crippen LogP contribution < -0.4 is 5.32 Å². The predicted octanol–water partition coefficient (Wildman–Crippen LogP) is -0.308. The Labute approximate surface area is 84.5 Å². The molecular weight excluding hydrogens is 206 g/mol. The molecule has 2 N–H and O–H groups in total. The van der Waals surface area contributed by atoms with Crippen molar-refractivity contribution in [2.45, 2.75) is 24.5 Å². The van der Waals surface area contributed by atoms with Crippen LogP contribution in [-0.2, 0) is 20.7 Å². The molecule has 0 radical (unpaired) electrons. The van der Waals surface area contributed by atoms with E-state index in [1.54, 1.807) is 0 Å². The van der Waals surface area contributed by atoms with Gasteiger partial charge in [0.25, 0.3) is 0 Å². The summed E-state index contributed by atoms with van der Waals surface area (Å²) in [5.41, 5.74) is 0. The van der Waals surface area contributed by atoms with Crippen LogP contribution in [0.4, 0.5) is 0 Å². The molecule has 0 aromatic carbocycles. The molecule has 6 heteroatoms. The summed E-state index contributed by atoms with van der Waals surface area (Å²) in [6.07, 6.45) is 2.28. The first kappa shape index (κ1) is 11.3. The summed E-state index contributed by atoms with van der Waals surface area (Å²) < 4.78 is 19.5. The van der Waals surface area contributed by atoms with Crippen LogP contribution in [0.2, 0.25) is 0 Å². The number of hydrogen-bond acceptors (Lipinski definition) is 3. The van der Waals surface area contributed by atoms with Crippen LogP contribution in [0, 0.1) is 5.92 Å². The van der Waals surface area contributed by atoms with E-state index in [0.717, 1.165) is 0 Å². The molecule has 0 spiro atoms. The highest BCUT2D eigenvalue weighted by molar-refractivity contribution is 7.79. The molecular formula is C8H13NO4S. The van der Waals surface area contributed by atoms with E-state index in [4.69, 9.17) is 4.55 Å². The van der Waals surface area contributed by atoms with Crippen molar-refractivity contribution >= 4 is 23.3 Å². The van der Waals surface area contributed by atoms with E-state index in [2.05, 4.69) is 5.32 Å². The van der Waals surface area contributed by atoms with Crippen LogP contribution in [0.1, 0.15) is 19.3 Å². The van der Waals surface area contributed by atoms with Gasteiger partial charge in [-0.05, 0) is 19.3 Å². The van der Waals surface area contributed by atoms with Gasteiger partial charge >= 0.3 is 0 Å². The molecule has 0 saturated heterocycles. The standard InChI is InChI=1S/C8H13NO4S/c10-4-3-9-8(11)6-1-2-7(5-6)14(12)13/h4,6-7H,1-3,5H2,(H,9,11)(H,12,13). The van der Waals surface area contributed by atoms with Crippen molar-refractivity contribution in [1.82, 2.24) is 5.32 Å². The summed E-state index contributed by atoms with van der Waals surface area (Å²) in [6, 6.07) is 0. The fraction of sp³-hybridized carbons (Fsp3) is 0.750. The number of carbonyl (C=O) groups excluding carboxylic acids is 2. The third-order valence-electron chi connectivity index (χ3n) is 2.40. The quantitative estimate of drug-likeness (QED) is 0.502. The number of rotatable bonds is 4. The third kappa shape index (κ3) is 2.88. The van der Waals surface area contributed by atoms with Crippen molar-refractivity contribution in [2.75, 3.05) is 6.54 Å². The lowest BCUT2D eigenvalue weighted by molar-refractivity contribution is -0.125. The maximum Gasteiger partial charge on any atom is 0.223 e. The van der Waals surface area contributed by atoms with Gasteiger partial charge < -0.3 is 14.7 Å². The molecule has 0 bridgehead atoms. The molecule has 1 rings (SSSR count). The summed E-state index contributed by atoms with van der Waals surface area (Å²) in [5.74, 6) is -0.402. The minimum absolute atomic E-state index is 0.0161. The predicted molar refractivity (Wildman–Crippen MR) is 51.0 cm³/mol. The summed E-state index contributed by atoms with van der Waals surface area (Å²) in [7, 11) is 0. The van der Waals surface area contributed by atoms with E-state index in [9.17, 15) is 13.8 Å². The van der Waals surface area contributed by atoms with E-state index in [0.29, 0.717) is 25.5 Å². The smallest absolute Gasteiger partial charge is 0.223 e. The molecule has 0 aromatic heterocycles. The maximum atomic E-state index is 11.3. The summed E-state index contributed by atoms with van der Waals surface area (Å²) in [6.45, 7) is 0.0161. The summed E-state index contributed by atoms with van der Waals surface area (Å²) >= 11 is -1.83. The van der Waals surface area contributed by atoms with Gasteiger partial charge in [-0.3, -0.25) is 4.79 Å². The number of carbonyl (C=O) groups is 2. The minimum Gasteiger partial charge on any atom is -0.349 e. The minimum atomic E-state index is -1.83. The lowest BCUT2D eigenvalue weighted by atomic mass is 10.1. The van der Waals surface area contributed by atoms with Gasteiger partial charge in [0.2, 0.25) is 5.91 Å². The Bertz CT molecular complexity index is 256. The average molecular weight is 219 g/mol. The zero-order valence-corrected chi connectivity index (χ0v) is 8.46. The number of amides is 1. The van der Waals surface area contributed by atoms with Crippen molar-refractivity contribution in [3.63, 3.8) is 0 Å². The highest BCUT2D eigenvalue weighted by Crippen LogP contribution is 2.28. The van der Waals surface area contributed by atoms with Crippen LogP contribution in [0.5, 0.6) is 0 Å². The molecule has 0 heterocycles. The monoisotopic (exact) mass is 219 g/mol. The van der Waals surface area contributed by atoms with Gasteiger partial charge in [0.1, 0.15) is 6.29 Å². The zero-order chi connectivity index (χ0) is 10.6. The number of nitrogens with one attached hydrogen (secondary N) is 1. The Morgan fingerprint density at radius 2 is 2.29 bits per heavy atom. The van der Waals surface area contributed by atoms with E-state index in [1.807, 2.05) is 0 Å². The largest absolute Gasteiger partial charge is 0.349 e. The normalized spacial score (nSPS) is 28.4. The average Bonchev–Trinajstić information content (AvgIpc) is 2.62. The number of hydrogen-bond donors (Lipinski definition) is 2. The van der Waals surface area contributed by atoms with Gasteiger partial charge in [-0.2, -0.15) is 0 Å². The van der Waals surface area contributed by atoms with Crippen LogP contribution in [0.25, 0.3) is 0 Å². The molecule has 1 aliphatic rings. The molecule has 0 aromatic rings. The van der Waals surface area contributed by atoms with Gasteiger partial charge in [0.15, 0.2) is 11.1 Å². The zero-order valence-electron chi connectivity index (χ0n) is 7.64. The highest BCUT2D eigenvalue weighted by atomic mass is 32.2. The fourth-order valence-electron chi connectivity index (χ4n) is 1.65. The Kier molecular flexibility index (Phi) is 4.21. The van der Waals surface area contributed by atoms with Gasteiger partial charge in [-0.25, -0.2) is 4.21 Å². The van der Waals surface area contributed by atoms with Crippen LogP contribution in [0.3, 0.4) is 0 Å². The molecule has 3 unspecified atom stereocenters. The van der Waals surface area contributed by atoms with Gasteiger partial charge in [-0.1, -0.05) is 0 Å². The molecule has 14 heavy (non-hydrogen) atoms. The van der Waals surface area contributed by atoms with E-state index in [-0.39, 0.29) is 23.6 Å². The van der Waals surface area contributed by atoms with Crippen molar-refractivity contribution < 1.29 is 18.4 Å². The second-order valence-electron chi connectivity index (χ2n) is 3.32. The van der Waals surface area contributed by atoms with Gasteiger partial charge in [0, 0.05) is 5.92 Å². The Balaban J connectivity index is 2.37. The second kappa shape index (κ2) is 5.21. The van der Waals surface area contributed by atoms with E-state index < -0.39 is 11.1 Å². The topological polar surface area (TPSA) is 83.5 Å². The Hall–Kier alpha value is -0.750. The van der Waals surface area contributed by atoms with Crippen molar-refractivity contribution in [3.8, 4) is 0 Å². The van der Waals surface area contributed by atoms with Crippen molar-refractivity contribution in [2.24, 2.45) is 5.92 Å². The summed E-state index contributed by atoms with van der Waals surface area (Å²) in [4.78, 5) is 21.3. The molecule has 5 nitrogen and oxygen atoms in total. The van der Waals surface area contributed by atoms with Crippen LogP contribution in [-0.4, -0.2) is 32.7 Å². The van der Waals surface area contributed by atoms with Gasteiger partial charge in [0.05, 0.1) is 11.8 Å². The highest BCUT2D eigenvalue weighted by Gasteiger charge is 2.32. The van der Waals surface area contributed by atoms with Crippen LogP contribution >= 0.6 is 0 Å².